The lowest BCUT2D eigenvalue weighted by Gasteiger charge is -2.38. The van der Waals surface area contributed by atoms with Crippen LogP contribution in [0.2, 0.25) is 5.02 Å². The summed E-state index contributed by atoms with van der Waals surface area (Å²) in [6.07, 6.45) is 0. The third-order valence-electron chi connectivity index (χ3n) is 5.32. The number of amides is 2. The highest BCUT2D eigenvalue weighted by Crippen LogP contribution is 2.35. The fraction of sp³-hybridized carbons (Fsp3) is 0.381. The first-order chi connectivity index (χ1) is 14.1. The van der Waals surface area contributed by atoms with Gasteiger partial charge in [-0.1, -0.05) is 17.7 Å². The molecule has 4 rings (SSSR count). The first-order valence-electron chi connectivity index (χ1n) is 9.71. The van der Waals surface area contributed by atoms with Crippen LogP contribution in [-0.4, -0.2) is 62.4 Å². The molecule has 7 nitrogen and oxygen atoms in total. The largest absolute Gasteiger partial charge is 0.454 e. The van der Waals surface area contributed by atoms with E-state index in [-0.39, 0.29) is 18.9 Å². The average Bonchev–Trinajstić information content (AvgIpc) is 3.19. The number of nitrogens with zero attached hydrogens (tertiary/aromatic N) is 2. The second-order valence-corrected chi connectivity index (χ2v) is 7.75. The number of ether oxygens (including phenoxy) is 2. The molecule has 29 heavy (non-hydrogen) atoms. The van der Waals surface area contributed by atoms with E-state index in [9.17, 15) is 4.79 Å². The molecule has 1 atom stereocenters. The van der Waals surface area contributed by atoms with Crippen molar-refractivity contribution >= 4 is 23.3 Å². The molecule has 0 bridgehead atoms. The topological polar surface area (TPSA) is 66.1 Å². The number of hydrogen-bond donors (Lipinski definition) is 2. The van der Waals surface area contributed by atoms with Gasteiger partial charge in [0.25, 0.3) is 0 Å². The first-order valence-corrected chi connectivity index (χ1v) is 10.1. The van der Waals surface area contributed by atoms with Crippen molar-refractivity contribution in [2.24, 2.45) is 0 Å². The lowest BCUT2D eigenvalue weighted by molar-refractivity contribution is 0.111. The van der Waals surface area contributed by atoms with Crippen LogP contribution in [0.25, 0.3) is 0 Å². The molecule has 1 saturated heterocycles. The first kappa shape index (κ1) is 19.8. The Kier molecular flexibility index (Phi) is 6.08. The Bertz CT molecular complexity index is 854. The zero-order valence-corrected chi connectivity index (χ0v) is 17.1. The smallest absolute Gasteiger partial charge is 0.319 e. The Morgan fingerprint density at radius 3 is 2.55 bits per heavy atom. The minimum absolute atomic E-state index is 0.0502. The van der Waals surface area contributed by atoms with Gasteiger partial charge in [-0.15, -0.1) is 0 Å². The predicted octanol–water partition coefficient (Wildman–Crippen LogP) is 3.18. The van der Waals surface area contributed by atoms with Gasteiger partial charge in [0.05, 0.1) is 6.04 Å². The number of carbonyl (C=O) groups is 1. The Morgan fingerprint density at radius 1 is 1.07 bits per heavy atom. The molecule has 2 aromatic rings. The molecule has 2 amide bonds. The SMILES string of the molecule is CN1CCN([C@@H](CNC(=O)Nc2ccc(Cl)cc2)c2ccc3c(c2)OCO3)CC1. The summed E-state index contributed by atoms with van der Waals surface area (Å²) < 4.78 is 11.0. The van der Waals surface area contributed by atoms with Crippen molar-refractivity contribution < 1.29 is 14.3 Å². The number of hydrogen-bond acceptors (Lipinski definition) is 5. The van der Waals surface area contributed by atoms with Crippen LogP contribution < -0.4 is 20.1 Å². The predicted molar refractivity (Wildman–Crippen MR) is 113 cm³/mol. The Balaban J connectivity index is 1.45. The average molecular weight is 417 g/mol. The zero-order chi connectivity index (χ0) is 20.2. The Labute approximate surface area is 175 Å². The van der Waals surface area contributed by atoms with E-state index in [2.05, 4.69) is 33.5 Å². The van der Waals surface area contributed by atoms with Gasteiger partial charge >= 0.3 is 6.03 Å². The summed E-state index contributed by atoms with van der Waals surface area (Å²) in [5.41, 5.74) is 1.80. The van der Waals surface area contributed by atoms with E-state index in [1.165, 1.54) is 0 Å². The van der Waals surface area contributed by atoms with Gasteiger partial charge in [-0.3, -0.25) is 4.90 Å². The number of rotatable bonds is 5. The fourth-order valence-electron chi connectivity index (χ4n) is 3.61. The number of nitrogens with one attached hydrogen (secondary N) is 2. The number of urea groups is 1. The lowest BCUT2D eigenvalue weighted by Crippen LogP contribution is -2.48. The van der Waals surface area contributed by atoms with E-state index in [1.54, 1.807) is 24.3 Å². The van der Waals surface area contributed by atoms with Crippen molar-refractivity contribution in [1.29, 1.82) is 0 Å². The third-order valence-corrected chi connectivity index (χ3v) is 5.57. The second-order valence-electron chi connectivity index (χ2n) is 7.31. The Hall–Kier alpha value is -2.48. The van der Waals surface area contributed by atoms with Gasteiger partial charge < -0.3 is 25.0 Å². The van der Waals surface area contributed by atoms with Crippen LogP contribution in [-0.2, 0) is 0 Å². The molecule has 2 aromatic carbocycles. The molecule has 2 N–H and O–H groups in total. The van der Waals surface area contributed by atoms with Gasteiger partial charge in [-0.05, 0) is 49.0 Å². The van der Waals surface area contributed by atoms with Gasteiger partial charge in [0.15, 0.2) is 11.5 Å². The summed E-state index contributed by atoms with van der Waals surface area (Å²) in [5.74, 6) is 1.52. The molecule has 8 heteroatoms. The number of anilines is 1. The molecular formula is C21H25ClN4O3. The normalized spacial score (nSPS) is 17.7. The number of benzene rings is 2. The molecule has 2 aliphatic rings. The van der Waals surface area contributed by atoms with Gasteiger partial charge in [0.1, 0.15) is 0 Å². The number of piperazine rings is 1. The molecule has 1 fully saturated rings. The van der Waals surface area contributed by atoms with Gasteiger partial charge in [-0.25, -0.2) is 4.79 Å². The van der Waals surface area contributed by atoms with Crippen LogP contribution in [0.4, 0.5) is 10.5 Å². The molecule has 0 spiro atoms. The summed E-state index contributed by atoms with van der Waals surface area (Å²) in [7, 11) is 2.13. The van der Waals surface area contributed by atoms with Crippen molar-refractivity contribution in [2.75, 3.05) is 51.9 Å². The van der Waals surface area contributed by atoms with E-state index >= 15 is 0 Å². The van der Waals surface area contributed by atoms with Crippen molar-refractivity contribution in [1.82, 2.24) is 15.1 Å². The molecule has 2 aliphatic heterocycles. The van der Waals surface area contributed by atoms with Crippen molar-refractivity contribution in [3.05, 3.63) is 53.1 Å². The number of halogens is 1. The summed E-state index contributed by atoms with van der Waals surface area (Å²) in [6, 6.07) is 12.9. The standard InChI is InChI=1S/C21H25ClN4O3/c1-25-8-10-26(11-9-25)18(15-2-7-19-20(12-15)29-14-28-19)13-23-21(27)24-17-5-3-16(22)4-6-17/h2-7,12,18H,8-11,13-14H2,1H3,(H2,23,24,27)/t18-/m0/s1. The number of fused-ring (bicyclic) bond motifs is 1. The van der Waals surface area contributed by atoms with Crippen molar-refractivity contribution in [2.45, 2.75) is 6.04 Å². The molecule has 2 heterocycles. The monoisotopic (exact) mass is 416 g/mol. The van der Waals surface area contributed by atoms with Gasteiger partial charge in [0.2, 0.25) is 6.79 Å². The molecule has 0 aromatic heterocycles. The minimum Gasteiger partial charge on any atom is -0.454 e. The van der Waals surface area contributed by atoms with Crippen LogP contribution in [0.15, 0.2) is 42.5 Å². The maximum atomic E-state index is 12.4. The number of likely N-dealkylation sites (N-methyl/N-ethyl adjacent to an activating group) is 1. The summed E-state index contributed by atoms with van der Waals surface area (Å²) in [5, 5.41) is 6.49. The van der Waals surface area contributed by atoms with Gasteiger partial charge in [0, 0.05) is 43.4 Å². The molecule has 0 aliphatic carbocycles. The second kappa shape index (κ2) is 8.90. The van der Waals surface area contributed by atoms with Crippen LogP contribution in [0.5, 0.6) is 11.5 Å². The fourth-order valence-corrected chi connectivity index (χ4v) is 3.74. The molecule has 0 saturated carbocycles. The van der Waals surface area contributed by atoms with E-state index in [4.69, 9.17) is 21.1 Å². The summed E-state index contributed by atoms with van der Waals surface area (Å²) in [6.45, 7) is 4.62. The maximum Gasteiger partial charge on any atom is 0.319 e. The van der Waals surface area contributed by atoms with Gasteiger partial charge in [-0.2, -0.15) is 0 Å². The Morgan fingerprint density at radius 2 is 1.79 bits per heavy atom. The van der Waals surface area contributed by atoms with Crippen LogP contribution in [0.3, 0.4) is 0 Å². The van der Waals surface area contributed by atoms with E-state index < -0.39 is 0 Å². The van der Waals surface area contributed by atoms with E-state index in [0.717, 1.165) is 43.2 Å². The number of carbonyl (C=O) groups excluding carboxylic acids is 1. The third kappa shape index (κ3) is 4.93. The lowest BCUT2D eigenvalue weighted by atomic mass is 10.0. The van der Waals surface area contributed by atoms with Crippen LogP contribution in [0.1, 0.15) is 11.6 Å². The van der Waals surface area contributed by atoms with Crippen molar-refractivity contribution in [3.63, 3.8) is 0 Å². The van der Waals surface area contributed by atoms with E-state index in [0.29, 0.717) is 17.3 Å². The summed E-state index contributed by atoms with van der Waals surface area (Å²) in [4.78, 5) is 17.1. The van der Waals surface area contributed by atoms with Crippen LogP contribution >= 0.6 is 11.6 Å². The highest BCUT2D eigenvalue weighted by Gasteiger charge is 2.26. The molecule has 0 radical (unpaired) electrons. The maximum absolute atomic E-state index is 12.4. The molecule has 0 unspecified atom stereocenters. The highest BCUT2D eigenvalue weighted by atomic mass is 35.5. The molecule has 154 valence electrons. The van der Waals surface area contributed by atoms with Crippen molar-refractivity contribution in [3.8, 4) is 11.5 Å². The van der Waals surface area contributed by atoms with Crippen LogP contribution in [0, 0.1) is 0 Å². The van der Waals surface area contributed by atoms with E-state index in [1.807, 2.05) is 12.1 Å². The summed E-state index contributed by atoms with van der Waals surface area (Å²) >= 11 is 5.90. The minimum atomic E-state index is -0.243. The molecular weight excluding hydrogens is 392 g/mol. The highest BCUT2D eigenvalue weighted by molar-refractivity contribution is 6.30. The quantitative estimate of drug-likeness (QED) is 0.783. The zero-order valence-electron chi connectivity index (χ0n) is 16.4.